The van der Waals surface area contributed by atoms with E-state index in [0.29, 0.717) is 25.7 Å². The van der Waals surface area contributed by atoms with Gasteiger partial charge in [-0.1, -0.05) is 6.07 Å². The standard InChI is InChI=1S/C15H23ClO3/c1-5-17-14-10-12(11-16)6-7-13(14)18-8-9-19-15(2,3)4/h6-7,10H,5,8-9,11H2,1-4H3. The van der Waals surface area contributed by atoms with Gasteiger partial charge in [0.2, 0.25) is 0 Å². The van der Waals surface area contributed by atoms with Crippen molar-refractivity contribution in [2.45, 2.75) is 39.2 Å². The Kier molecular flexibility index (Phi) is 6.46. The van der Waals surface area contributed by atoms with Crippen LogP contribution in [0.5, 0.6) is 11.5 Å². The Balaban J connectivity index is 2.56. The molecule has 0 atom stereocenters. The van der Waals surface area contributed by atoms with Crippen LogP contribution in [0.3, 0.4) is 0 Å². The van der Waals surface area contributed by atoms with E-state index in [1.165, 1.54) is 0 Å². The topological polar surface area (TPSA) is 27.7 Å². The molecule has 0 amide bonds. The minimum absolute atomic E-state index is 0.144. The largest absolute Gasteiger partial charge is 0.490 e. The van der Waals surface area contributed by atoms with Gasteiger partial charge in [0.25, 0.3) is 0 Å². The van der Waals surface area contributed by atoms with E-state index in [1.54, 1.807) is 0 Å². The first-order chi connectivity index (χ1) is 8.96. The molecule has 0 aliphatic rings. The quantitative estimate of drug-likeness (QED) is 0.560. The molecule has 0 spiro atoms. The van der Waals surface area contributed by atoms with Gasteiger partial charge in [-0.05, 0) is 45.4 Å². The van der Waals surface area contributed by atoms with Crippen LogP contribution in [0.4, 0.5) is 0 Å². The zero-order valence-corrected chi connectivity index (χ0v) is 12.9. The maximum atomic E-state index is 5.81. The van der Waals surface area contributed by atoms with Crippen LogP contribution in [0.25, 0.3) is 0 Å². The molecule has 1 aromatic carbocycles. The van der Waals surface area contributed by atoms with Crippen LogP contribution in [0.15, 0.2) is 18.2 Å². The van der Waals surface area contributed by atoms with Gasteiger partial charge >= 0.3 is 0 Å². The first-order valence-electron chi connectivity index (χ1n) is 6.54. The summed E-state index contributed by atoms with van der Waals surface area (Å²) in [5, 5.41) is 0. The second kappa shape index (κ2) is 7.61. The predicted octanol–water partition coefficient (Wildman–Crippen LogP) is 4.02. The summed E-state index contributed by atoms with van der Waals surface area (Å²) >= 11 is 5.81. The Bertz CT molecular complexity index is 385. The molecule has 0 radical (unpaired) electrons. The van der Waals surface area contributed by atoms with Gasteiger partial charge in [-0.25, -0.2) is 0 Å². The lowest BCUT2D eigenvalue weighted by atomic mass is 10.2. The van der Waals surface area contributed by atoms with Crippen LogP contribution in [-0.2, 0) is 10.6 Å². The molecule has 1 aromatic rings. The Morgan fingerprint density at radius 3 is 2.37 bits per heavy atom. The van der Waals surface area contributed by atoms with Gasteiger partial charge < -0.3 is 14.2 Å². The van der Waals surface area contributed by atoms with Gasteiger partial charge in [-0.3, -0.25) is 0 Å². The molecule has 0 saturated carbocycles. The first kappa shape index (κ1) is 16.1. The van der Waals surface area contributed by atoms with Gasteiger partial charge in [0.15, 0.2) is 11.5 Å². The first-order valence-corrected chi connectivity index (χ1v) is 7.08. The molecule has 0 N–H and O–H groups in total. The second-order valence-electron chi connectivity index (χ2n) is 5.16. The number of alkyl halides is 1. The average Bonchev–Trinajstić information content (AvgIpc) is 2.35. The van der Waals surface area contributed by atoms with Crippen molar-refractivity contribution in [3.63, 3.8) is 0 Å². The molecule has 0 saturated heterocycles. The normalized spacial score (nSPS) is 11.4. The van der Waals surface area contributed by atoms with Crippen molar-refractivity contribution in [1.82, 2.24) is 0 Å². The fourth-order valence-corrected chi connectivity index (χ4v) is 1.69. The second-order valence-corrected chi connectivity index (χ2v) is 5.42. The minimum Gasteiger partial charge on any atom is -0.490 e. The lowest BCUT2D eigenvalue weighted by Crippen LogP contribution is -2.22. The van der Waals surface area contributed by atoms with E-state index in [-0.39, 0.29) is 5.60 Å². The number of rotatable bonds is 7. The zero-order valence-electron chi connectivity index (χ0n) is 12.2. The van der Waals surface area contributed by atoms with E-state index in [4.69, 9.17) is 25.8 Å². The zero-order chi connectivity index (χ0) is 14.3. The summed E-state index contributed by atoms with van der Waals surface area (Å²) in [6, 6.07) is 5.74. The van der Waals surface area contributed by atoms with Crippen LogP contribution >= 0.6 is 11.6 Å². The summed E-state index contributed by atoms with van der Waals surface area (Å²) in [5.41, 5.74) is 0.873. The summed E-state index contributed by atoms with van der Waals surface area (Å²) < 4.78 is 16.9. The van der Waals surface area contributed by atoms with Crippen LogP contribution in [0.2, 0.25) is 0 Å². The maximum Gasteiger partial charge on any atom is 0.161 e. The van der Waals surface area contributed by atoms with Crippen LogP contribution < -0.4 is 9.47 Å². The molecule has 0 heterocycles. The van der Waals surface area contributed by atoms with E-state index in [2.05, 4.69) is 0 Å². The number of ether oxygens (including phenoxy) is 3. The van der Waals surface area contributed by atoms with E-state index >= 15 is 0 Å². The lowest BCUT2D eigenvalue weighted by molar-refractivity contribution is -0.0165. The molecule has 1 rings (SSSR count). The molecule has 0 bridgehead atoms. The van der Waals surface area contributed by atoms with E-state index in [0.717, 1.165) is 17.1 Å². The summed E-state index contributed by atoms with van der Waals surface area (Å²) in [6.07, 6.45) is 0. The molecule has 0 unspecified atom stereocenters. The average molecular weight is 287 g/mol. The number of hydrogen-bond donors (Lipinski definition) is 0. The Morgan fingerprint density at radius 1 is 1.05 bits per heavy atom. The lowest BCUT2D eigenvalue weighted by Gasteiger charge is -2.20. The third kappa shape index (κ3) is 6.17. The van der Waals surface area contributed by atoms with Crippen molar-refractivity contribution in [1.29, 1.82) is 0 Å². The predicted molar refractivity (Wildman–Crippen MR) is 78.4 cm³/mol. The molecular weight excluding hydrogens is 264 g/mol. The van der Waals surface area contributed by atoms with Gasteiger partial charge in [-0.2, -0.15) is 0 Å². The van der Waals surface area contributed by atoms with Crippen LogP contribution in [0.1, 0.15) is 33.3 Å². The van der Waals surface area contributed by atoms with Crippen molar-refractivity contribution >= 4 is 11.6 Å². The molecule has 108 valence electrons. The van der Waals surface area contributed by atoms with E-state index in [1.807, 2.05) is 45.9 Å². The highest BCUT2D eigenvalue weighted by molar-refractivity contribution is 6.17. The van der Waals surface area contributed by atoms with Gasteiger partial charge in [0.05, 0.1) is 18.8 Å². The molecule has 0 aliphatic carbocycles. The third-order valence-electron chi connectivity index (χ3n) is 2.34. The van der Waals surface area contributed by atoms with Crippen molar-refractivity contribution < 1.29 is 14.2 Å². The minimum atomic E-state index is -0.144. The van der Waals surface area contributed by atoms with E-state index in [9.17, 15) is 0 Å². The summed E-state index contributed by atoms with van der Waals surface area (Å²) in [4.78, 5) is 0. The molecule has 4 heteroatoms. The highest BCUT2D eigenvalue weighted by atomic mass is 35.5. The molecule has 3 nitrogen and oxygen atoms in total. The fraction of sp³-hybridized carbons (Fsp3) is 0.600. The maximum absolute atomic E-state index is 5.81. The van der Waals surface area contributed by atoms with Crippen LogP contribution in [-0.4, -0.2) is 25.4 Å². The van der Waals surface area contributed by atoms with Gasteiger partial charge in [0.1, 0.15) is 6.61 Å². The molecule has 19 heavy (non-hydrogen) atoms. The Labute approximate surface area is 120 Å². The van der Waals surface area contributed by atoms with Crippen molar-refractivity contribution in [2.24, 2.45) is 0 Å². The van der Waals surface area contributed by atoms with Gasteiger partial charge in [0, 0.05) is 5.88 Å². The Hall–Kier alpha value is -0.930. The summed E-state index contributed by atoms with van der Waals surface area (Å²) in [6.45, 7) is 9.65. The molecule has 0 fully saturated rings. The molecular formula is C15H23ClO3. The number of hydrogen-bond acceptors (Lipinski definition) is 3. The highest BCUT2D eigenvalue weighted by Crippen LogP contribution is 2.29. The fourth-order valence-electron chi connectivity index (χ4n) is 1.52. The van der Waals surface area contributed by atoms with Crippen molar-refractivity contribution in [3.8, 4) is 11.5 Å². The summed E-state index contributed by atoms with van der Waals surface area (Å²) in [5.74, 6) is 1.93. The molecule has 0 aliphatic heterocycles. The Morgan fingerprint density at radius 2 is 1.79 bits per heavy atom. The number of benzene rings is 1. The monoisotopic (exact) mass is 286 g/mol. The smallest absolute Gasteiger partial charge is 0.161 e. The number of halogens is 1. The van der Waals surface area contributed by atoms with E-state index < -0.39 is 0 Å². The van der Waals surface area contributed by atoms with Crippen molar-refractivity contribution in [3.05, 3.63) is 23.8 Å². The SMILES string of the molecule is CCOc1cc(CCl)ccc1OCCOC(C)(C)C. The van der Waals surface area contributed by atoms with Gasteiger partial charge in [-0.15, -0.1) is 11.6 Å². The molecule has 0 aromatic heterocycles. The highest BCUT2D eigenvalue weighted by Gasteiger charge is 2.10. The summed E-state index contributed by atoms with van der Waals surface area (Å²) in [7, 11) is 0. The third-order valence-corrected chi connectivity index (χ3v) is 2.65. The van der Waals surface area contributed by atoms with Crippen molar-refractivity contribution in [2.75, 3.05) is 19.8 Å². The van der Waals surface area contributed by atoms with Crippen LogP contribution in [0, 0.1) is 0 Å².